The highest BCUT2D eigenvalue weighted by Gasteiger charge is 2.36. The second kappa shape index (κ2) is 11.3. The van der Waals surface area contributed by atoms with E-state index in [1.165, 1.54) is 6.33 Å². The SMILES string of the molecule is CCN1CCCCCCN(C(=O)c2ccncn2)[C@@H]2CCCC[C@@H]2Oc2ccccc2C1=O. The van der Waals surface area contributed by atoms with Crippen molar-refractivity contribution in [2.24, 2.45) is 0 Å². The molecule has 0 unspecified atom stereocenters. The second-order valence-corrected chi connectivity index (χ2v) is 8.90. The van der Waals surface area contributed by atoms with Crippen molar-refractivity contribution in [1.29, 1.82) is 0 Å². The maximum atomic E-state index is 13.5. The minimum absolute atomic E-state index is 0.0198. The Labute approximate surface area is 196 Å². The van der Waals surface area contributed by atoms with Crippen LogP contribution in [0.1, 0.15) is 79.1 Å². The van der Waals surface area contributed by atoms with Crippen molar-refractivity contribution in [1.82, 2.24) is 19.8 Å². The maximum absolute atomic E-state index is 13.5. The number of fused-ring (bicyclic) bond motifs is 2. The summed E-state index contributed by atoms with van der Waals surface area (Å²) in [6.45, 7) is 4.13. The van der Waals surface area contributed by atoms with Crippen LogP contribution in [0, 0.1) is 0 Å². The van der Waals surface area contributed by atoms with Gasteiger partial charge in [0.2, 0.25) is 0 Å². The zero-order valence-electron chi connectivity index (χ0n) is 19.5. The third kappa shape index (κ3) is 5.52. The summed E-state index contributed by atoms with van der Waals surface area (Å²) in [4.78, 5) is 38.9. The Bertz CT molecular complexity index is 936. The lowest BCUT2D eigenvalue weighted by atomic mass is 9.90. The highest BCUT2D eigenvalue weighted by molar-refractivity contribution is 5.97. The zero-order valence-corrected chi connectivity index (χ0v) is 19.5. The number of para-hydroxylation sites is 1. The quantitative estimate of drug-likeness (QED) is 0.680. The maximum Gasteiger partial charge on any atom is 0.272 e. The van der Waals surface area contributed by atoms with Gasteiger partial charge in [-0.05, 0) is 57.2 Å². The predicted octanol–water partition coefficient (Wildman–Crippen LogP) is 4.35. The van der Waals surface area contributed by atoms with Crippen molar-refractivity contribution >= 4 is 11.8 Å². The number of hydrogen-bond acceptors (Lipinski definition) is 5. The molecule has 0 spiro atoms. The standard InChI is InChI=1S/C26H34N4O3/c1-2-29-17-9-3-4-10-18-30(26(32)21-15-16-27-19-28-21)22-12-6-8-14-24(22)33-23-13-7-5-11-20(23)25(29)31/h5,7,11,13,15-16,19,22,24H,2-4,6,8-10,12,14,17-18H2,1H3/t22-,24+/m1/s1. The van der Waals surface area contributed by atoms with Crippen LogP contribution in [0.4, 0.5) is 0 Å². The van der Waals surface area contributed by atoms with E-state index >= 15 is 0 Å². The van der Waals surface area contributed by atoms with Crippen LogP contribution in [0.5, 0.6) is 5.75 Å². The van der Waals surface area contributed by atoms with Crippen molar-refractivity contribution in [3.8, 4) is 5.75 Å². The van der Waals surface area contributed by atoms with Gasteiger partial charge < -0.3 is 14.5 Å². The van der Waals surface area contributed by atoms with Crippen molar-refractivity contribution < 1.29 is 14.3 Å². The van der Waals surface area contributed by atoms with Gasteiger partial charge in [0.15, 0.2) is 0 Å². The lowest BCUT2D eigenvalue weighted by Crippen LogP contribution is -2.51. The Morgan fingerprint density at radius 1 is 1.03 bits per heavy atom. The Hall–Kier alpha value is -2.96. The summed E-state index contributed by atoms with van der Waals surface area (Å²) in [5.74, 6) is 0.572. The van der Waals surface area contributed by atoms with E-state index < -0.39 is 0 Å². The summed E-state index contributed by atoms with van der Waals surface area (Å²) in [6, 6.07) is 9.17. The number of carbonyl (C=O) groups is 2. The van der Waals surface area contributed by atoms with Crippen molar-refractivity contribution in [3.05, 3.63) is 54.1 Å². The van der Waals surface area contributed by atoms with E-state index in [0.717, 1.165) is 57.9 Å². The molecule has 176 valence electrons. The van der Waals surface area contributed by atoms with Gasteiger partial charge in [-0.3, -0.25) is 9.59 Å². The van der Waals surface area contributed by atoms with Crippen molar-refractivity contribution in [2.75, 3.05) is 19.6 Å². The number of amides is 2. The lowest BCUT2D eigenvalue weighted by Gasteiger charge is -2.40. The fourth-order valence-corrected chi connectivity index (χ4v) is 4.97. The summed E-state index contributed by atoms with van der Waals surface area (Å²) >= 11 is 0. The van der Waals surface area contributed by atoms with Gasteiger partial charge in [-0.25, -0.2) is 9.97 Å². The highest BCUT2D eigenvalue weighted by Crippen LogP contribution is 2.31. The summed E-state index contributed by atoms with van der Waals surface area (Å²) in [5.41, 5.74) is 1.03. The van der Waals surface area contributed by atoms with Crippen molar-refractivity contribution in [3.63, 3.8) is 0 Å². The van der Waals surface area contributed by atoms with Crippen LogP contribution in [0.15, 0.2) is 42.9 Å². The van der Waals surface area contributed by atoms with Gasteiger partial charge in [0, 0.05) is 25.8 Å². The first kappa shape index (κ1) is 23.2. The molecule has 33 heavy (non-hydrogen) atoms. The molecule has 1 saturated carbocycles. The molecular weight excluding hydrogens is 416 g/mol. The summed E-state index contributed by atoms with van der Waals surface area (Å²) in [5, 5.41) is 0. The molecule has 0 saturated heterocycles. The second-order valence-electron chi connectivity index (χ2n) is 8.90. The lowest BCUT2D eigenvalue weighted by molar-refractivity contribution is 0.0263. The average molecular weight is 451 g/mol. The van der Waals surface area contributed by atoms with Crippen LogP contribution >= 0.6 is 0 Å². The van der Waals surface area contributed by atoms with Gasteiger partial charge in [-0.15, -0.1) is 0 Å². The molecule has 2 atom stereocenters. The van der Waals surface area contributed by atoms with Crippen LogP contribution in [0.2, 0.25) is 0 Å². The molecule has 7 nitrogen and oxygen atoms in total. The smallest absolute Gasteiger partial charge is 0.272 e. The first-order chi connectivity index (χ1) is 16.2. The third-order valence-corrected chi connectivity index (χ3v) is 6.77. The van der Waals surface area contributed by atoms with E-state index in [2.05, 4.69) is 9.97 Å². The van der Waals surface area contributed by atoms with E-state index in [1.54, 1.807) is 12.3 Å². The van der Waals surface area contributed by atoms with E-state index in [0.29, 0.717) is 30.1 Å². The zero-order chi connectivity index (χ0) is 23.0. The molecule has 1 fully saturated rings. The van der Waals surface area contributed by atoms with Gasteiger partial charge in [0.25, 0.3) is 11.8 Å². The Balaban J connectivity index is 1.67. The fourth-order valence-electron chi connectivity index (χ4n) is 4.97. The largest absolute Gasteiger partial charge is 0.487 e. The van der Waals surface area contributed by atoms with Gasteiger partial charge in [-0.1, -0.05) is 31.4 Å². The number of carbonyl (C=O) groups excluding carboxylic acids is 2. The average Bonchev–Trinajstić information content (AvgIpc) is 2.86. The number of hydrogen-bond donors (Lipinski definition) is 0. The molecule has 1 aliphatic heterocycles. The van der Waals surface area contributed by atoms with Gasteiger partial charge in [0.05, 0.1) is 11.6 Å². The predicted molar refractivity (Wildman–Crippen MR) is 126 cm³/mol. The van der Waals surface area contributed by atoms with Gasteiger partial charge in [-0.2, -0.15) is 0 Å². The summed E-state index contributed by atoms with van der Waals surface area (Å²) in [7, 11) is 0. The molecule has 7 heteroatoms. The molecule has 2 amide bonds. The molecule has 1 aromatic heterocycles. The Morgan fingerprint density at radius 2 is 1.82 bits per heavy atom. The van der Waals surface area contributed by atoms with E-state index in [1.807, 2.05) is 41.0 Å². The minimum Gasteiger partial charge on any atom is -0.487 e. The molecule has 0 N–H and O–H groups in total. The molecule has 2 aliphatic rings. The summed E-state index contributed by atoms with van der Waals surface area (Å²) < 4.78 is 6.55. The molecule has 1 aliphatic carbocycles. The van der Waals surface area contributed by atoms with Crippen LogP contribution in [0.25, 0.3) is 0 Å². The number of rotatable bonds is 2. The molecule has 0 bridgehead atoms. The van der Waals surface area contributed by atoms with E-state index in [9.17, 15) is 9.59 Å². The number of aromatic nitrogens is 2. The Kier molecular flexibility index (Phi) is 7.92. The molecule has 0 radical (unpaired) electrons. The van der Waals surface area contributed by atoms with Crippen LogP contribution in [-0.2, 0) is 0 Å². The van der Waals surface area contributed by atoms with E-state index in [4.69, 9.17) is 4.74 Å². The first-order valence-corrected chi connectivity index (χ1v) is 12.3. The van der Waals surface area contributed by atoms with E-state index in [-0.39, 0.29) is 24.0 Å². The first-order valence-electron chi connectivity index (χ1n) is 12.3. The Morgan fingerprint density at radius 3 is 2.61 bits per heavy atom. The number of nitrogens with zero attached hydrogens (tertiary/aromatic N) is 4. The molecule has 2 heterocycles. The van der Waals surface area contributed by atoms with Crippen LogP contribution in [-0.4, -0.2) is 63.4 Å². The summed E-state index contributed by atoms with van der Waals surface area (Å²) in [6.07, 6.45) is 10.7. The normalized spacial score (nSPS) is 22.5. The number of ether oxygens (including phenoxy) is 1. The van der Waals surface area contributed by atoms with Crippen molar-refractivity contribution in [2.45, 2.75) is 70.4 Å². The topological polar surface area (TPSA) is 75.6 Å². The molecular formula is C26H34N4O3. The van der Waals surface area contributed by atoms with Crippen LogP contribution in [0.3, 0.4) is 0 Å². The fraction of sp³-hybridized carbons (Fsp3) is 0.538. The molecule has 1 aromatic carbocycles. The van der Waals surface area contributed by atoms with Crippen LogP contribution < -0.4 is 4.74 Å². The van der Waals surface area contributed by atoms with Gasteiger partial charge in [0.1, 0.15) is 23.9 Å². The third-order valence-electron chi connectivity index (χ3n) is 6.77. The highest BCUT2D eigenvalue weighted by atomic mass is 16.5. The molecule has 2 aromatic rings. The number of benzene rings is 1. The molecule has 4 rings (SSSR count). The van der Waals surface area contributed by atoms with Gasteiger partial charge >= 0.3 is 0 Å². The monoisotopic (exact) mass is 450 g/mol. The minimum atomic E-state index is -0.156.